The molecule has 1 aliphatic heterocycles. The standard InChI is InChI=1S/C28H25NO5/c1-28(2,3)34-27(32)29-25-22(26(29)31)16-7-5-4-6-8-17-23(25)33-24(30)18-20-14-11-13-19-12-9-10-15-21(19)20/h4,6,9-15,22-23,25H,16,18H2,1-3H3/b6-4-/t22-,23-,25+/m1/s1. The van der Waals surface area contributed by atoms with E-state index in [-0.39, 0.29) is 12.8 Å². The van der Waals surface area contributed by atoms with Crippen LogP contribution in [0.1, 0.15) is 32.8 Å². The van der Waals surface area contributed by atoms with Gasteiger partial charge in [-0.3, -0.25) is 9.59 Å². The molecule has 0 N–H and O–H groups in total. The third-order valence-electron chi connectivity index (χ3n) is 5.54. The first-order chi connectivity index (χ1) is 16.2. The van der Waals surface area contributed by atoms with Gasteiger partial charge in [0.05, 0.1) is 12.3 Å². The fraction of sp³-hybridized carbons (Fsp3) is 0.321. The second kappa shape index (κ2) is 9.45. The van der Waals surface area contributed by atoms with Gasteiger partial charge in [-0.25, -0.2) is 9.69 Å². The van der Waals surface area contributed by atoms with Crippen molar-refractivity contribution < 1.29 is 23.9 Å². The summed E-state index contributed by atoms with van der Waals surface area (Å²) in [6.45, 7) is 5.16. The smallest absolute Gasteiger partial charge is 0.417 e. The Hall–Kier alpha value is -4.03. The zero-order chi connectivity index (χ0) is 24.3. The monoisotopic (exact) mass is 455 g/mol. The Labute approximate surface area is 198 Å². The number of amides is 2. The minimum absolute atomic E-state index is 0.0347. The van der Waals surface area contributed by atoms with Gasteiger partial charge in [0.2, 0.25) is 5.91 Å². The summed E-state index contributed by atoms with van der Waals surface area (Å²) in [7, 11) is 0. The summed E-state index contributed by atoms with van der Waals surface area (Å²) in [4.78, 5) is 39.6. The predicted octanol–water partition coefficient (Wildman–Crippen LogP) is 4.02. The maximum absolute atomic E-state index is 13.0. The van der Waals surface area contributed by atoms with Crippen LogP contribution in [-0.4, -0.2) is 40.6 Å². The molecule has 4 rings (SSSR count). The van der Waals surface area contributed by atoms with Gasteiger partial charge in [0.15, 0.2) is 6.10 Å². The van der Waals surface area contributed by atoms with Gasteiger partial charge in [0.1, 0.15) is 11.6 Å². The number of likely N-dealkylation sites (tertiary alicyclic amines) is 1. The number of hydrogen-bond donors (Lipinski definition) is 0. The van der Waals surface area contributed by atoms with Crippen LogP contribution in [0.4, 0.5) is 4.79 Å². The van der Waals surface area contributed by atoms with Crippen LogP contribution in [0.5, 0.6) is 0 Å². The van der Waals surface area contributed by atoms with Crippen LogP contribution < -0.4 is 0 Å². The van der Waals surface area contributed by atoms with Crippen LogP contribution in [0.25, 0.3) is 10.8 Å². The first-order valence-electron chi connectivity index (χ1n) is 11.1. The van der Waals surface area contributed by atoms with E-state index in [1.807, 2.05) is 42.5 Å². The molecule has 6 nitrogen and oxygen atoms in total. The minimum Gasteiger partial charge on any atom is -0.447 e. The van der Waals surface area contributed by atoms with Crippen LogP contribution in [0.15, 0.2) is 54.6 Å². The Kier molecular flexibility index (Phi) is 6.43. The molecule has 1 fully saturated rings. The van der Waals surface area contributed by atoms with Gasteiger partial charge < -0.3 is 9.47 Å². The second-order valence-corrected chi connectivity index (χ2v) is 9.16. The molecule has 34 heavy (non-hydrogen) atoms. The molecule has 1 heterocycles. The molecule has 2 aromatic rings. The Bertz CT molecular complexity index is 1290. The average molecular weight is 456 g/mol. The summed E-state index contributed by atoms with van der Waals surface area (Å²) < 4.78 is 11.2. The zero-order valence-corrected chi connectivity index (χ0v) is 19.3. The van der Waals surface area contributed by atoms with Crippen LogP contribution in [0.2, 0.25) is 0 Å². The lowest BCUT2D eigenvalue weighted by molar-refractivity contribution is -0.168. The number of allylic oxidation sites excluding steroid dienone is 2. The second-order valence-electron chi connectivity index (χ2n) is 9.16. The molecule has 2 aromatic carbocycles. The highest BCUT2D eigenvalue weighted by Crippen LogP contribution is 2.35. The highest BCUT2D eigenvalue weighted by Gasteiger charge is 2.56. The van der Waals surface area contributed by atoms with Crippen LogP contribution in [-0.2, 0) is 25.5 Å². The topological polar surface area (TPSA) is 72.9 Å². The molecule has 0 unspecified atom stereocenters. The van der Waals surface area contributed by atoms with Gasteiger partial charge >= 0.3 is 12.1 Å². The third-order valence-corrected chi connectivity index (χ3v) is 5.54. The molecule has 1 aliphatic carbocycles. The lowest BCUT2D eigenvalue weighted by atomic mass is 9.81. The Balaban J connectivity index is 1.59. The molecular formula is C28H25NO5. The number of hydrogen-bond acceptors (Lipinski definition) is 5. The highest BCUT2D eigenvalue weighted by molar-refractivity contribution is 6.00. The molecule has 2 amide bonds. The van der Waals surface area contributed by atoms with E-state index in [2.05, 4.69) is 23.7 Å². The Morgan fingerprint density at radius 3 is 2.59 bits per heavy atom. The number of rotatable bonds is 3. The first-order valence-corrected chi connectivity index (χ1v) is 11.1. The van der Waals surface area contributed by atoms with Crippen molar-refractivity contribution in [2.24, 2.45) is 5.92 Å². The zero-order valence-electron chi connectivity index (χ0n) is 19.3. The van der Waals surface area contributed by atoms with Gasteiger partial charge in [-0.2, -0.15) is 0 Å². The molecule has 6 heteroatoms. The lowest BCUT2D eigenvalue weighted by Gasteiger charge is -2.46. The molecule has 3 atom stereocenters. The van der Waals surface area contributed by atoms with Gasteiger partial charge in [0, 0.05) is 6.42 Å². The number of esters is 1. The number of carbonyl (C=O) groups excluding carboxylic acids is 3. The number of fused-ring (bicyclic) bond motifs is 2. The van der Waals surface area contributed by atoms with Gasteiger partial charge in [-0.1, -0.05) is 66.1 Å². The van der Waals surface area contributed by atoms with E-state index in [0.29, 0.717) is 0 Å². The van der Waals surface area contributed by atoms with E-state index >= 15 is 0 Å². The minimum atomic E-state index is -0.998. The highest BCUT2D eigenvalue weighted by atomic mass is 16.6. The number of β-lactam (4-membered cyclic amide) rings is 1. The van der Waals surface area contributed by atoms with Crippen molar-refractivity contribution >= 4 is 28.7 Å². The number of imide groups is 1. The lowest BCUT2D eigenvalue weighted by Crippen LogP contribution is -2.68. The SMILES string of the molecule is CC(C)(C)OC(=O)N1C(=O)[C@@H]2CC#C/C=C\C#C[C@@H](OC(=O)Cc3cccc4ccccc34)[C@H]21. The maximum atomic E-state index is 13.0. The summed E-state index contributed by atoms with van der Waals surface area (Å²) in [5.41, 5.74) is 0.0413. The van der Waals surface area contributed by atoms with E-state index < -0.39 is 41.6 Å². The number of carbonyl (C=O) groups is 3. The quantitative estimate of drug-likeness (QED) is 0.397. The summed E-state index contributed by atoms with van der Waals surface area (Å²) in [5.74, 6) is 9.92. The van der Waals surface area contributed by atoms with Crippen molar-refractivity contribution in [2.45, 2.75) is 51.4 Å². The van der Waals surface area contributed by atoms with E-state index in [0.717, 1.165) is 21.2 Å². The van der Waals surface area contributed by atoms with Crippen LogP contribution >= 0.6 is 0 Å². The normalized spacial score (nSPS) is 22.1. The molecule has 2 aliphatic rings. The molecule has 1 saturated heterocycles. The van der Waals surface area contributed by atoms with Crippen molar-refractivity contribution in [1.29, 1.82) is 0 Å². The molecule has 172 valence electrons. The summed E-state index contributed by atoms with van der Waals surface area (Å²) >= 11 is 0. The van der Waals surface area contributed by atoms with E-state index in [4.69, 9.17) is 9.47 Å². The number of benzene rings is 2. The number of nitrogens with zero attached hydrogens (tertiary/aromatic N) is 1. The van der Waals surface area contributed by atoms with Gasteiger partial charge in [0.25, 0.3) is 0 Å². The number of ether oxygens (including phenoxy) is 2. The van der Waals surface area contributed by atoms with Gasteiger partial charge in [-0.15, -0.1) is 0 Å². The van der Waals surface area contributed by atoms with Crippen molar-refractivity contribution in [3.05, 3.63) is 60.2 Å². The summed E-state index contributed by atoms with van der Waals surface area (Å²) in [6, 6.07) is 12.8. The van der Waals surface area contributed by atoms with Crippen molar-refractivity contribution in [3.63, 3.8) is 0 Å². The Morgan fingerprint density at radius 1 is 1.06 bits per heavy atom. The maximum Gasteiger partial charge on any atom is 0.417 e. The van der Waals surface area contributed by atoms with E-state index in [1.165, 1.54) is 0 Å². The summed E-state index contributed by atoms with van der Waals surface area (Å²) in [5, 5.41) is 1.99. The fourth-order valence-electron chi connectivity index (χ4n) is 4.06. The first kappa shape index (κ1) is 23.1. The summed E-state index contributed by atoms with van der Waals surface area (Å²) in [6.07, 6.45) is 1.62. The van der Waals surface area contributed by atoms with Crippen LogP contribution in [0, 0.1) is 29.6 Å². The molecule has 0 saturated carbocycles. The molecular weight excluding hydrogens is 430 g/mol. The Morgan fingerprint density at radius 2 is 1.79 bits per heavy atom. The van der Waals surface area contributed by atoms with Crippen molar-refractivity contribution in [1.82, 2.24) is 4.90 Å². The average Bonchev–Trinajstić information content (AvgIpc) is 2.77. The van der Waals surface area contributed by atoms with Crippen LogP contribution in [0.3, 0.4) is 0 Å². The largest absolute Gasteiger partial charge is 0.447 e. The predicted molar refractivity (Wildman–Crippen MR) is 127 cm³/mol. The van der Waals surface area contributed by atoms with Crippen molar-refractivity contribution in [3.8, 4) is 23.7 Å². The van der Waals surface area contributed by atoms with Crippen molar-refractivity contribution in [2.75, 3.05) is 0 Å². The molecule has 0 radical (unpaired) electrons. The van der Waals surface area contributed by atoms with Gasteiger partial charge in [-0.05, 0) is 49.3 Å². The molecule has 0 aromatic heterocycles. The van der Waals surface area contributed by atoms with E-state index in [1.54, 1.807) is 32.9 Å². The third kappa shape index (κ3) is 4.97. The molecule has 0 spiro atoms. The fourth-order valence-corrected chi connectivity index (χ4v) is 4.06. The molecule has 0 bridgehead atoms. The van der Waals surface area contributed by atoms with E-state index in [9.17, 15) is 14.4 Å².